The number of ether oxygens (including phenoxy) is 1. The van der Waals surface area contributed by atoms with Crippen LogP contribution in [0.1, 0.15) is 66.2 Å². The van der Waals surface area contributed by atoms with E-state index in [4.69, 9.17) is 9.16 Å². The molecule has 0 saturated carbocycles. The molecule has 1 aliphatic rings. The molecule has 5 rings (SSSR count). The molecule has 0 spiro atoms. The Hall–Kier alpha value is -3.24. The van der Waals surface area contributed by atoms with E-state index in [1.165, 1.54) is 43.8 Å². The maximum Gasteiger partial charge on any atom is 0.261 e. The van der Waals surface area contributed by atoms with Gasteiger partial charge in [-0.1, -0.05) is 130 Å². The molecular formula is C38H44O2Si. The lowest BCUT2D eigenvalue weighted by Crippen LogP contribution is -2.67. The largest absolute Gasteiger partial charge is 0.404 e. The molecule has 0 bridgehead atoms. The summed E-state index contributed by atoms with van der Waals surface area (Å²) in [7, 11) is -2.67. The smallest absolute Gasteiger partial charge is 0.261 e. The van der Waals surface area contributed by atoms with Crippen molar-refractivity contribution in [2.45, 2.75) is 71.6 Å². The molecule has 41 heavy (non-hydrogen) atoms. The van der Waals surface area contributed by atoms with E-state index in [9.17, 15) is 0 Å². The first-order valence-corrected chi connectivity index (χ1v) is 16.8. The van der Waals surface area contributed by atoms with Gasteiger partial charge in [0, 0.05) is 5.92 Å². The maximum atomic E-state index is 7.29. The van der Waals surface area contributed by atoms with Crippen molar-refractivity contribution in [2.75, 3.05) is 6.61 Å². The molecule has 0 aromatic heterocycles. The lowest BCUT2D eigenvalue weighted by atomic mass is 9.82. The van der Waals surface area contributed by atoms with Crippen molar-refractivity contribution in [3.05, 3.63) is 143 Å². The van der Waals surface area contributed by atoms with Gasteiger partial charge in [0.15, 0.2) is 0 Å². The molecule has 4 aromatic rings. The highest BCUT2D eigenvalue weighted by Crippen LogP contribution is 2.43. The van der Waals surface area contributed by atoms with Crippen LogP contribution in [0.2, 0.25) is 5.04 Å². The summed E-state index contributed by atoms with van der Waals surface area (Å²) in [6, 6.07) is 34.9. The Morgan fingerprint density at radius 2 is 1.15 bits per heavy atom. The van der Waals surface area contributed by atoms with E-state index in [2.05, 4.69) is 158 Å². The molecule has 0 aliphatic carbocycles. The Labute approximate surface area is 248 Å². The average Bonchev–Trinajstić information content (AvgIpc) is 2.97. The van der Waals surface area contributed by atoms with E-state index >= 15 is 0 Å². The minimum absolute atomic E-state index is 0.0815. The molecule has 0 radical (unpaired) electrons. The molecule has 3 heteroatoms. The number of rotatable bonds is 7. The van der Waals surface area contributed by atoms with Gasteiger partial charge in [-0.15, -0.1) is 0 Å². The molecule has 2 nitrogen and oxygen atoms in total. The van der Waals surface area contributed by atoms with Crippen molar-refractivity contribution in [3.8, 4) is 0 Å². The van der Waals surface area contributed by atoms with Crippen LogP contribution >= 0.6 is 0 Å². The van der Waals surface area contributed by atoms with Crippen molar-refractivity contribution >= 4 is 18.7 Å². The molecule has 1 aliphatic heterocycles. The van der Waals surface area contributed by atoms with Gasteiger partial charge >= 0.3 is 0 Å². The van der Waals surface area contributed by atoms with Crippen LogP contribution < -0.4 is 10.4 Å². The topological polar surface area (TPSA) is 18.5 Å². The second-order valence-corrected chi connectivity index (χ2v) is 16.9. The van der Waals surface area contributed by atoms with Gasteiger partial charge in [-0.05, 0) is 76.5 Å². The average molecular weight is 561 g/mol. The highest BCUT2D eigenvalue weighted by Gasteiger charge is 2.50. The van der Waals surface area contributed by atoms with Gasteiger partial charge in [0.2, 0.25) is 0 Å². The molecule has 0 fully saturated rings. The standard InChI is InChI=1S/C38H44O2Si/c1-27-16-14-22-34(29(27)3)36-25-24-31(40-37(36)35-23-15-17-28(2)30(35)4)26-39-41(38(5,6)7,32-18-10-8-11-19-32)33-20-12-9-13-21-33/h8-25,31,36-37H,26H2,1-7H3/t31-,36-,37-/m0/s1. The summed E-state index contributed by atoms with van der Waals surface area (Å²) in [5.74, 6) is 0.138. The molecular weight excluding hydrogens is 517 g/mol. The van der Waals surface area contributed by atoms with Gasteiger partial charge in [0.25, 0.3) is 8.32 Å². The third kappa shape index (κ3) is 5.64. The quantitative estimate of drug-likeness (QED) is 0.167. The zero-order valence-electron chi connectivity index (χ0n) is 25.6. The van der Waals surface area contributed by atoms with Crippen LogP contribution in [-0.4, -0.2) is 21.0 Å². The Bertz CT molecular complexity index is 1460. The van der Waals surface area contributed by atoms with Crippen LogP contribution in [0, 0.1) is 27.7 Å². The highest BCUT2D eigenvalue weighted by atomic mass is 28.4. The summed E-state index contributed by atoms with van der Waals surface area (Å²) in [5.41, 5.74) is 7.83. The fourth-order valence-corrected chi connectivity index (χ4v) is 11.0. The third-order valence-electron chi connectivity index (χ3n) is 9.02. The second-order valence-electron chi connectivity index (χ2n) is 12.6. The summed E-state index contributed by atoms with van der Waals surface area (Å²) < 4.78 is 14.4. The first kappa shape index (κ1) is 29.3. The predicted molar refractivity (Wildman–Crippen MR) is 175 cm³/mol. The van der Waals surface area contributed by atoms with E-state index in [1.54, 1.807) is 0 Å². The fraction of sp³-hybridized carbons (Fsp3) is 0.316. The van der Waals surface area contributed by atoms with Gasteiger partial charge in [-0.3, -0.25) is 0 Å². The maximum absolute atomic E-state index is 7.29. The Morgan fingerprint density at radius 3 is 1.68 bits per heavy atom. The molecule has 0 saturated heterocycles. The lowest BCUT2D eigenvalue weighted by Gasteiger charge is -2.44. The van der Waals surface area contributed by atoms with E-state index in [-0.39, 0.29) is 23.2 Å². The Kier molecular flexibility index (Phi) is 8.51. The molecule has 4 aromatic carbocycles. The minimum Gasteiger partial charge on any atom is -0.404 e. The van der Waals surface area contributed by atoms with Crippen molar-refractivity contribution in [2.24, 2.45) is 0 Å². The van der Waals surface area contributed by atoms with Crippen LogP contribution in [0.15, 0.2) is 109 Å². The van der Waals surface area contributed by atoms with Crippen molar-refractivity contribution < 1.29 is 9.16 Å². The Balaban J connectivity index is 1.55. The number of benzene rings is 4. The summed E-state index contributed by atoms with van der Waals surface area (Å²) in [6.07, 6.45) is 4.37. The molecule has 0 N–H and O–H groups in total. The number of hydrogen-bond donors (Lipinski definition) is 0. The molecule has 0 amide bonds. The van der Waals surface area contributed by atoms with Crippen LogP contribution in [0.25, 0.3) is 0 Å². The SMILES string of the molecule is Cc1cccc([C@@H]2C=C[C@@H](CO[Si](c3ccccc3)(c3ccccc3)C(C)(C)C)O[C@H]2c2cccc(C)c2C)c1C. The van der Waals surface area contributed by atoms with Gasteiger partial charge in [-0.2, -0.15) is 0 Å². The molecule has 1 heterocycles. The van der Waals surface area contributed by atoms with Gasteiger partial charge < -0.3 is 9.16 Å². The van der Waals surface area contributed by atoms with E-state index in [1.807, 2.05) is 0 Å². The predicted octanol–water partition coefficient (Wildman–Crippen LogP) is 8.28. The first-order valence-electron chi connectivity index (χ1n) is 14.8. The normalized spacial score (nSPS) is 19.3. The lowest BCUT2D eigenvalue weighted by molar-refractivity contribution is -0.0282. The fourth-order valence-electron chi connectivity index (χ4n) is 6.48. The summed E-state index contributed by atoms with van der Waals surface area (Å²) >= 11 is 0. The van der Waals surface area contributed by atoms with Crippen molar-refractivity contribution in [3.63, 3.8) is 0 Å². The van der Waals surface area contributed by atoms with E-state index < -0.39 is 8.32 Å². The summed E-state index contributed by atoms with van der Waals surface area (Å²) in [4.78, 5) is 0. The second kappa shape index (κ2) is 11.9. The number of hydrogen-bond acceptors (Lipinski definition) is 2. The molecule has 212 valence electrons. The van der Waals surface area contributed by atoms with Gasteiger partial charge in [-0.25, -0.2) is 0 Å². The molecule has 0 unspecified atom stereocenters. The highest BCUT2D eigenvalue weighted by molar-refractivity contribution is 6.99. The van der Waals surface area contributed by atoms with Crippen LogP contribution in [-0.2, 0) is 9.16 Å². The van der Waals surface area contributed by atoms with Gasteiger partial charge in [0.1, 0.15) is 0 Å². The zero-order valence-corrected chi connectivity index (χ0v) is 26.6. The van der Waals surface area contributed by atoms with Crippen molar-refractivity contribution in [1.29, 1.82) is 0 Å². The first-order chi connectivity index (χ1) is 19.6. The van der Waals surface area contributed by atoms with Gasteiger partial charge in [0.05, 0.1) is 18.8 Å². The monoisotopic (exact) mass is 560 g/mol. The van der Waals surface area contributed by atoms with E-state index in [0.29, 0.717) is 6.61 Å². The Morgan fingerprint density at radius 1 is 0.634 bits per heavy atom. The van der Waals surface area contributed by atoms with Crippen LogP contribution in [0.3, 0.4) is 0 Å². The third-order valence-corrected chi connectivity index (χ3v) is 14.0. The number of aryl methyl sites for hydroxylation is 2. The summed E-state index contributed by atoms with van der Waals surface area (Å²) in [5, 5.41) is 2.50. The zero-order chi connectivity index (χ0) is 29.2. The van der Waals surface area contributed by atoms with E-state index in [0.717, 1.165) is 0 Å². The molecule has 3 atom stereocenters. The summed E-state index contributed by atoms with van der Waals surface area (Å²) in [6.45, 7) is 16.3. The van der Waals surface area contributed by atoms with Crippen LogP contribution in [0.5, 0.6) is 0 Å². The van der Waals surface area contributed by atoms with Crippen molar-refractivity contribution in [1.82, 2.24) is 0 Å². The van der Waals surface area contributed by atoms with Crippen LogP contribution in [0.4, 0.5) is 0 Å². The minimum atomic E-state index is -2.67.